The molecule has 1 heterocycles. The molecular weight excluding hydrogens is 424 g/mol. The van der Waals surface area contributed by atoms with E-state index in [0.717, 1.165) is 18.1 Å². The van der Waals surface area contributed by atoms with Gasteiger partial charge in [-0.1, -0.05) is 24.3 Å². The number of hydrogen-bond acceptors (Lipinski definition) is 3. The van der Waals surface area contributed by atoms with Crippen LogP contribution in [0.1, 0.15) is 61.6 Å². The molecule has 174 valence electrons. The predicted octanol–water partition coefficient (Wildman–Crippen LogP) is 6.06. The zero-order chi connectivity index (χ0) is 23.1. The molecule has 1 N–H and O–H groups in total. The van der Waals surface area contributed by atoms with Crippen molar-refractivity contribution in [3.63, 3.8) is 0 Å². The Balaban J connectivity index is 1.70. The van der Waals surface area contributed by atoms with Gasteiger partial charge in [0.2, 0.25) is 0 Å². The maximum absolute atomic E-state index is 13.7. The van der Waals surface area contributed by atoms with Gasteiger partial charge in [-0.25, -0.2) is 4.39 Å². The largest absolute Gasteiger partial charge is 0.490 e. The Hall–Kier alpha value is -2.12. The van der Waals surface area contributed by atoms with Crippen LogP contribution in [0.3, 0.4) is 0 Å². The van der Waals surface area contributed by atoms with E-state index in [1.54, 1.807) is 32.0 Å². The first-order chi connectivity index (χ1) is 15.1. The van der Waals surface area contributed by atoms with Crippen LogP contribution >= 0.6 is 0 Å². The van der Waals surface area contributed by atoms with Gasteiger partial charge in [0.1, 0.15) is 11.6 Å². The van der Waals surface area contributed by atoms with Crippen molar-refractivity contribution in [3.8, 4) is 5.75 Å². The summed E-state index contributed by atoms with van der Waals surface area (Å²) in [6.45, 7) is 3.66. The Morgan fingerprint density at radius 3 is 2.50 bits per heavy atom. The van der Waals surface area contributed by atoms with Crippen LogP contribution in [0.5, 0.6) is 5.75 Å². The molecule has 0 bridgehead atoms. The van der Waals surface area contributed by atoms with E-state index in [2.05, 4.69) is 0 Å². The summed E-state index contributed by atoms with van der Waals surface area (Å²) in [6.07, 6.45) is -2.99. The zero-order valence-corrected chi connectivity index (χ0v) is 18.2. The van der Waals surface area contributed by atoms with Crippen molar-refractivity contribution >= 4 is 0 Å². The topological polar surface area (TPSA) is 38.7 Å². The van der Waals surface area contributed by atoms with Crippen molar-refractivity contribution in [2.24, 2.45) is 5.92 Å². The van der Waals surface area contributed by atoms with Gasteiger partial charge in [-0.05, 0) is 62.8 Å². The second kappa shape index (κ2) is 8.67. The SMILES string of the molecule is CC(C)Oc1c([C@H]2CO[C@@]3(CC[C@H](CO)[C@H]3c3ccc(F)cc3)C2)cccc1C(F)(F)F. The molecule has 3 nitrogen and oxygen atoms in total. The Labute approximate surface area is 185 Å². The number of rotatable bonds is 5. The van der Waals surface area contributed by atoms with Gasteiger partial charge in [-0.2, -0.15) is 13.2 Å². The summed E-state index contributed by atoms with van der Waals surface area (Å²) in [6, 6.07) is 10.4. The number of hydrogen-bond donors (Lipinski definition) is 1. The highest BCUT2D eigenvalue weighted by molar-refractivity contribution is 5.46. The summed E-state index contributed by atoms with van der Waals surface area (Å²) in [5.41, 5.74) is -0.0134. The van der Waals surface area contributed by atoms with Crippen LogP contribution in [-0.2, 0) is 10.9 Å². The quantitative estimate of drug-likeness (QED) is 0.561. The van der Waals surface area contributed by atoms with Crippen molar-refractivity contribution in [1.29, 1.82) is 0 Å². The summed E-state index contributed by atoms with van der Waals surface area (Å²) < 4.78 is 66.6. The molecule has 0 amide bonds. The van der Waals surface area contributed by atoms with E-state index in [9.17, 15) is 22.7 Å². The molecule has 0 aromatic heterocycles. The minimum absolute atomic E-state index is 0.0247. The number of aliphatic hydroxyl groups excluding tert-OH is 1. The van der Waals surface area contributed by atoms with Gasteiger partial charge in [-0.3, -0.25) is 0 Å². The average Bonchev–Trinajstić information content (AvgIpc) is 3.32. The van der Waals surface area contributed by atoms with Crippen LogP contribution < -0.4 is 4.74 Å². The molecule has 0 radical (unpaired) electrons. The minimum atomic E-state index is -4.52. The molecule has 1 saturated heterocycles. The van der Waals surface area contributed by atoms with Crippen LogP contribution in [0.25, 0.3) is 0 Å². The molecule has 1 aliphatic heterocycles. The van der Waals surface area contributed by atoms with Crippen LogP contribution in [0, 0.1) is 11.7 Å². The minimum Gasteiger partial charge on any atom is -0.490 e. The van der Waals surface area contributed by atoms with Crippen molar-refractivity contribution < 1.29 is 32.1 Å². The third-order valence-electron chi connectivity index (χ3n) is 6.75. The van der Waals surface area contributed by atoms with Crippen molar-refractivity contribution in [1.82, 2.24) is 0 Å². The Bertz CT molecular complexity index is 941. The highest BCUT2D eigenvalue weighted by Gasteiger charge is 2.54. The molecule has 2 aliphatic rings. The van der Waals surface area contributed by atoms with Gasteiger partial charge in [-0.15, -0.1) is 0 Å². The van der Waals surface area contributed by atoms with Crippen LogP contribution in [0.4, 0.5) is 17.6 Å². The molecular formula is C25H28F4O3. The second-order valence-corrected chi connectivity index (χ2v) is 9.18. The number of alkyl halides is 3. The third-order valence-corrected chi connectivity index (χ3v) is 6.75. The first-order valence-corrected chi connectivity index (χ1v) is 11.0. The monoisotopic (exact) mass is 452 g/mol. The number of halogens is 4. The van der Waals surface area contributed by atoms with E-state index in [1.165, 1.54) is 18.2 Å². The molecule has 1 saturated carbocycles. The van der Waals surface area contributed by atoms with Crippen molar-refractivity contribution in [2.75, 3.05) is 13.2 Å². The lowest BCUT2D eigenvalue weighted by Gasteiger charge is -2.33. The summed E-state index contributed by atoms with van der Waals surface area (Å²) >= 11 is 0. The second-order valence-electron chi connectivity index (χ2n) is 9.18. The van der Waals surface area contributed by atoms with Crippen LogP contribution in [0.15, 0.2) is 42.5 Å². The fraction of sp³-hybridized carbons (Fsp3) is 0.520. The molecule has 1 spiro atoms. The number of aliphatic hydroxyl groups is 1. The van der Waals surface area contributed by atoms with E-state index in [-0.39, 0.29) is 42.5 Å². The average molecular weight is 452 g/mol. The Morgan fingerprint density at radius 1 is 1.16 bits per heavy atom. The lowest BCUT2D eigenvalue weighted by Crippen LogP contribution is -2.34. The smallest absolute Gasteiger partial charge is 0.419 e. The van der Waals surface area contributed by atoms with E-state index < -0.39 is 23.4 Å². The molecule has 0 unspecified atom stereocenters. The third kappa shape index (κ3) is 4.25. The zero-order valence-electron chi connectivity index (χ0n) is 18.2. The summed E-state index contributed by atoms with van der Waals surface area (Å²) in [4.78, 5) is 0. The summed E-state index contributed by atoms with van der Waals surface area (Å²) in [7, 11) is 0. The number of benzene rings is 2. The van der Waals surface area contributed by atoms with Gasteiger partial charge in [0, 0.05) is 24.0 Å². The van der Waals surface area contributed by atoms with Crippen molar-refractivity contribution in [3.05, 3.63) is 65.0 Å². The fourth-order valence-corrected chi connectivity index (χ4v) is 5.48. The number of ether oxygens (including phenoxy) is 2. The van der Waals surface area contributed by atoms with Gasteiger partial charge in [0.15, 0.2) is 0 Å². The van der Waals surface area contributed by atoms with Gasteiger partial charge in [0.05, 0.1) is 23.9 Å². The van der Waals surface area contributed by atoms with Gasteiger partial charge in [0.25, 0.3) is 0 Å². The summed E-state index contributed by atoms with van der Waals surface area (Å²) in [5.74, 6) is -0.946. The lowest BCUT2D eigenvalue weighted by atomic mass is 9.76. The molecule has 4 atom stereocenters. The lowest BCUT2D eigenvalue weighted by molar-refractivity contribution is -0.139. The standard InChI is InChI=1S/C25H28F4O3/c1-15(2)32-23-20(4-3-5-21(23)25(27,28)29)18-12-24(31-14-18)11-10-17(13-30)22(24)16-6-8-19(26)9-7-16/h3-9,15,17-18,22,30H,10-14H2,1-2H3/t17-,18-,22-,24+/m1/s1. The molecule has 2 aromatic carbocycles. The first-order valence-electron chi connectivity index (χ1n) is 11.0. The van der Waals surface area contributed by atoms with Crippen LogP contribution in [0.2, 0.25) is 0 Å². The van der Waals surface area contributed by atoms with E-state index in [1.807, 2.05) is 0 Å². The van der Waals surface area contributed by atoms with Crippen LogP contribution in [-0.4, -0.2) is 30.0 Å². The normalized spacial score (nSPS) is 28.1. The summed E-state index contributed by atoms with van der Waals surface area (Å²) in [5, 5.41) is 9.97. The highest BCUT2D eigenvalue weighted by Crippen LogP contribution is 2.57. The Kier molecular flexibility index (Phi) is 6.25. The van der Waals surface area contributed by atoms with E-state index >= 15 is 0 Å². The Morgan fingerprint density at radius 2 is 1.88 bits per heavy atom. The van der Waals surface area contributed by atoms with E-state index in [4.69, 9.17) is 9.47 Å². The van der Waals surface area contributed by atoms with Gasteiger partial charge < -0.3 is 14.6 Å². The molecule has 2 aromatic rings. The predicted molar refractivity (Wildman–Crippen MR) is 112 cm³/mol. The molecule has 2 fully saturated rings. The van der Waals surface area contributed by atoms with Gasteiger partial charge >= 0.3 is 6.18 Å². The number of para-hydroxylation sites is 1. The van der Waals surface area contributed by atoms with Crippen molar-refractivity contribution in [2.45, 2.75) is 62.8 Å². The first kappa shape index (κ1) is 23.1. The maximum atomic E-state index is 13.7. The maximum Gasteiger partial charge on any atom is 0.419 e. The molecule has 4 rings (SSSR count). The fourth-order valence-electron chi connectivity index (χ4n) is 5.48. The highest BCUT2D eigenvalue weighted by atomic mass is 19.4. The molecule has 1 aliphatic carbocycles. The molecule has 32 heavy (non-hydrogen) atoms. The molecule has 7 heteroatoms. The van der Waals surface area contributed by atoms with E-state index in [0.29, 0.717) is 18.4 Å².